The summed E-state index contributed by atoms with van der Waals surface area (Å²) in [5, 5.41) is 24.2. The second kappa shape index (κ2) is 14.8. The van der Waals surface area contributed by atoms with E-state index in [1.54, 1.807) is 12.1 Å². The van der Waals surface area contributed by atoms with Gasteiger partial charge < -0.3 is 25.1 Å². The molecule has 0 bridgehead atoms. The van der Waals surface area contributed by atoms with Crippen LogP contribution in [0.25, 0.3) is 11.1 Å². The summed E-state index contributed by atoms with van der Waals surface area (Å²) in [6, 6.07) is 18.6. The van der Waals surface area contributed by atoms with Crippen LogP contribution in [-0.4, -0.2) is 30.1 Å². The topological polar surface area (TPSA) is 98.7 Å². The number of amides is 1. The normalized spacial score (nSPS) is 11.3. The van der Waals surface area contributed by atoms with Crippen molar-refractivity contribution in [1.29, 1.82) is 0 Å². The van der Waals surface area contributed by atoms with E-state index >= 15 is 0 Å². The minimum Gasteiger partial charge on any atom is -0.550 e. The first-order valence-electron chi connectivity index (χ1n) is 12.4. The quantitative estimate of drug-likeness (QED) is 0.284. The molecule has 2 N–H and O–H groups in total. The summed E-state index contributed by atoms with van der Waals surface area (Å²) in [5.41, 5.74) is 5.08. The summed E-state index contributed by atoms with van der Waals surface area (Å²) in [4.78, 5) is 23.8. The van der Waals surface area contributed by atoms with Gasteiger partial charge in [-0.1, -0.05) is 44.0 Å². The number of benzene rings is 3. The number of rotatable bonds is 12. The molecule has 1 amide bonds. The zero-order valence-corrected chi connectivity index (χ0v) is 24.2. The summed E-state index contributed by atoms with van der Waals surface area (Å²) in [7, 11) is 0. The van der Waals surface area contributed by atoms with E-state index in [4.69, 9.17) is 4.74 Å². The average Bonchev–Trinajstić information content (AvgIpc) is 2.88. The fraction of sp³-hybridized carbons (Fsp3) is 0.333. The number of unbranched alkanes of at least 4 members (excludes halogenated alkanes) is 1. The minimum atomic E-state index is -1.00. The smallest absolute Gasteiger partial charge is 0.550 e. The van der Waals surface area contributed by atoms with Crippen LogP contribution < -0.4 is 44.7 Å². The molecule has 0 aliphatic carbocycles. The Balaban J connectivity index is 0.00000481. The van der Waals surface area contributed by atoms with Crippen LogP contribution >= 0.6 is 0 Å². The Hall–Kier alpha value is -2.80. The summed E-state index contributed by atoms with van der Waals surface area (Å²) in [6.07, 6.45) is 2.89. The van der Waals surface area contributed by atoms with Gasteiger partial charge in [0.05, 0.1) is 6.54 Å². The summed E-state index contributed by atoms with van der Waals surface area (Å²) < 4.78 is 5.71. The Morgan fingerprint density at radius 3 is 2.16 bits per heavy atom. The van der Waals surface area contributed by atoms with Crippen molar-refractivity contribution < 1.29 is 54.1 Å². The number of phenolic OH excluding ortho intramolecular Hbond substituents is 1. The standard InChI is InChI=1S/C30H35NO5.Na/c1-4-5-6-25(30(34)35)19-22-7-13-27(14-8-22)36-16-15-31-29(33)24-11-9-23(10-12-24)26-17-20(2)28(32)21(3)18-26;/h7-14,17-18,25,32H,4-6,15-16,19H2,1-3H3,(H,31,33)(H,34,35);/q;+1/p-1. The molecule has 3 aromatic carbocycles. The van der Waals surface area contributed by atoms with Crippen LogP contribution in [0.3, 0.4) is 0 Å². The van der Waals surface area contributed by atoms with Crippen molar-refractivity contribution >= 4 is 11.9 Å². The number of aryl methyl sites for hydroxylation is 2. The predicted molar refractivity (Wildman–Crippen MR) is 139 cm³/mol. The Kier molecular flexibility index (Phi) is 12.2. The SMILES string of the molecule is CCCCC(Cc1ccc(OCCNC(=O)c2ccc(-c3cc(C)c(O)c(C)c3)cc2)cc1)C(=O)[O-].[Na+]. The van der Waals surface area contributed by atoms with Gasteiger partial charge >= 0.3 is 29.6 Å². The molecule has 1 atom stereocenters. The van der Waals surface area contributed by atoms with E-state index in [2.05, 4.69) is 5.32 Å². The number of aromatic hydroxyl groups is 1. The number of carbonyl (C=O) groups excluding carboxylic acids is 2. The Morgan fingerprint density at radius 2 is 1.59 bits per heavy atom. The molecule has 0 saturated carbocycles. The molecule has 0 heterocycles. The third kappa shape index (κ3) is 8.92. The van der Waals surface area contributed by atoms with Gasteiger partial charge in [0.15, 0.2) is 0 Å². The molecule has 7 heteroatoms. The Morgan fingerprint density at radius 1 is 0.973 bits per heavy atom. The van der Waals surface area contributed by atoms with Crippen molar-refractivity contribution in [3.8, 4) is 22.6 Å². The molecule has 3 rings (SSSR count). The van der Waals surface area contributed by atoms with E-state index in [1.807, 2.05) is 69.3 Å². The van der Waals surface area contributed by atoms with Gasteiger partial charge in [0, 0.05) is 17.5 Å². The van der Waals surface area contributed by atoms with Crippen molar-refractivity contribution in [3.63, 3.8) is 0 Å². The summed E-state index contributed by atoms with van der Waals surface area (Å²) >= 11 is 0. The van der Waals surface area contributed by atoms with Gasteiger partial charge in [-0.15, -0.1) is 0 Å². The minimum absolute atomic E-state index is 0. The number of carboxylic acid groups (broad SMARTS) is 1. The number of hydrogen-bond acceptors (Lipinski definition) is 5. The molecular formula is C30H34NNaO5. The predicted octanol–water partition coefficient (Wildman–Crippen LogP) is 1.59. The van der Waals surface area contributed by atoms with E-state index in [-0.39, 0.29) is 35.5 Å². The zero-order chi connectivity index (χ0) is 26.1. The first-order valence-corrected chi connectivity index (χ1v) is 12.4. The van der Waals surface area contributed by atoms with Crippen molar-refractivity contribution in [1.82, 2.24) is 5.32 Å². The molecular weight excluding hydrogens is 477 g/mol. The number of carbonyl (C=O) groups is 2. The Bertz CT molecular complexity index is 1150. The van der Waals surface area contributed by atoms with Crippen LogP contribution in [0.15, 0.2) is 60.7 Å². The molecule has 0 fully saturated rings. The van der Waals surface area contributed by atoms with E-state index in [9.17, 15) is 19.8 Å². The van der Waals surface area contributed by atoms with E-state index in [0.717, 1.165) is 40.7 Å². The van der Waals surface area contributed by atoms with Crippen molar-refractivity contribution in [2.75, 3.05) is 13.2 Å². The zero-order valence-electron chi connectivity index (χ0n) is 22.2. The van der Waals surface area contributed by atoms with Crippen LogP contribution in [-0.2, 0) is 11.2 Å². The maximum Gasteiger partial charge on any atom is 1.00 e. The van der Waals surface area contributed by atoms with E-state index in [0.29, 0.717) is 43.1 Å². The molecule has 0 radical (unpaired) electrons. The van der Waals surface area contributed by atoms with Gasteiger partial charge in [-0.05, 0) is 90.9 Å². The number of nitrogens with one attached hydrogen (secondary N) is 1. The van der Waals surface area contributed by atoms with Crippen molar-refractivity contribution in [3.05, 3.63) is 82.9 Å². The molecule has 0 saturated heterocycles. The molecule has 0 aliphatic heterocycles. The molecule has 6 nitrogen and oxygen atoms in total. The summed E-state index contributed by atoms with van der Waals surface area (Å²) in [6.45, 7) is 6.43. The fourth-order valence-corrected chi connectivity index (χ4v) is 4.13. The second-order valence-electron chi connectivity index (χ2n) is 9.15. The number of phenols is 1. The van der Waals surface area contributed by atoms with Gasteiger partial charge in [0.25, 0.3) is 5.91 Å². The molecule has 0 spiro atoms. The second-order valence-corrected chi connectivity index (χ2v) is 9.15. The van der Waals surface area contributed by atoms with Crippen LogP contribution in [0.2, 0.25) is 0 Å². The third-order valence-electron chi connectivity index (χ3n) is 6.27. The monoisotopic (exact) mass is 511 g/mol. The molecule has 190 valence electrons. The molecule has 0 aromatic heterocycles. The fourth-order valence-electron chi connectivity index (χ4n) is 4.13. The number of ether oxygens (including phenoxy) is 1. The third-order valence-corrected chi connectivity index (χ3v) is 6.27. The average molecular weight is 512 g/mol. The largest absolute Gasteiger partial charge is 1.00 e. The van der Waals surface area contributed by atoms with Crippen LogP contribution in [0.4, 0.5) is 0 Å². The van der Waals surface area contributed by atoms with Gasteiger partial charge in [-0.25, -0.2) is 0 Å². The molecule has 1 unspecified atom stereocenters. The van der Waals surface area contributed by atoms with Gasteiger partial charge in [-0.3, -0.25) is 4.79 Å². The molecule has 3 aromatic rings. The van der Waals surface area contributed by atoms with Gasteiger partial charge in [0.2, 0.25) is 0 Å². The number of carboxylic acids is 1. The number of aliphatic carboxylic acids is 1. The van der Waals surface area contributed by atoms with Crippen molar-refractivity contribution in [2.45, 2.75) is 46.5 Å². The first-order chi connectivity index (χ1) is 17.3. The van der Waals surface area contributed by atoms with Crippen molar-refractivity contribution in [2.24, 2.45) is 5.92 Å². The summed E-state index contributed by atoms with van der Waals surface area (Å²) in [5.74, 6) is -0.691. The maximum absolute atomic E-state index is 12.5. The first kappa shape index (κ1) is 30.4. The van der Waals surface area contributed by atoms with E-state index < -0.39 is 11.9 Å². The molecule has 0 aliphatic rings. The number of hydrogen-bond donors (Lipinski definition) is 2. The van der Waals surface area contributed by atoms with E-state index in [1.165, 1.54) is 0 Å². The maximum atomic E-state index is 12.5. The van der Waals surface area contributed by atoms with Crippen LogP contribution in [0.5, 0.6) is 11.5 Å². The molecule has 37 heavy (non-hydrogen) atoms. The van der Waals surface area contributed by atoms with Crippen LogP contribution in [0, 0.1) is 19.8 Å². The van der Waals surface area contributed by atoms with Crippen LogP contribution in [0.1, 0.15) is 53.2 Å². The van der Waals surface area contributed by atoms with Gasteiger partial charge in [-0.2, -0.15) is 0 Å². The van der Waals surface area contributed by atoms with Gasteiger partial charge in [0.1, 0.15) is 18.1 Å². The Labute approximate surface area is 241 Å².